The van der Waals surface area contributed by atoms with E-state index in [1.165, 1.54) is 22.3 Å². The zero-order valence-electron chi connectivity index (χ0n) is 12.2. The van der Waals surface area contributed by atoms with E-state index < -0.39 is 0 Å². The standard InChI is InChI=1S/C21H17Br/c22-21(19-14-8-3-9-15-19)20(18-12-6-2-7-13-18)16-17-10-4-1-5-11-17/h1-16,21H/b20-16+. The molecule has 3 rings (SSSR count). The van der Waals surface area contributed by atoms with Crippen molar-refractivity contribution in [2.45, 2.75) is 4.83 Å². The summed E-state index contributed by atoms with van der Waals surface area (Å²) in [4.78, 5) is 0.163. The maximum Gasteiger partial charge on any atom is 0.0650 e. The molecule has 0 aliphatic heterocycles. The highest BCUT2D eigenvalue weighted by atomic mass is 79.9. The van der Waals surface area contributed by atoms with E-state index in [-0.39, 0.29) is 4.83 Å². The normalized spacial score (nSPS) is 12.9. The Hall–Kier alpha value is -2.12. The number of rotatable bonds is 4. The number of allylic oxidation sites excluding steroid dienone is 1. The fraction of sp³-hybridized carbons (Fsp3) is 0.0476. The van der Waals surface area contributed by atoms with E-state index >= 15 is 0 Å². The average Bonchev–Trinajstić information content (AvgIpc) is 2.61. The van der Waals surface area contributed by atoms with Crippen molar-refractivity contribution < 1.29 is 0 Å². The minimum absolute atomic E-state index is 0.163. The first kappa shape index (κ1) is 14.8. The molecule has 1 unspecified atom stereocenters. The third kappa shape index (κ3) is 3.55. The first-order valence-electron chi connectivity index (χ1n) is 7.35. The summed E-state index contributed by atoms with van der Waals surface area (Å²) in [5, 5.41) is 0. The van der Waals surface area contributed by atoms with Gasteiger partial charge < -0.3 is 0 Å². The maximum atomic E-state index is 3.88. The number of hydrogen-bond acceptors (Lipinski definition) is 0. The van der Waals surface area contributed by atoms with Crippen LogP contribution >= 0.6 is 15.9 Å². The molecule has 0 bridgehead atoms. The van der Waals surface area contributed by atoms with Gasteiger partial charge in [-0.2, -0.15) is 0 Å². The molecule has 0 fully saturated rings. The fourth-order valence-electron chi connectivity index (χ4n) is 2.46. The van der Waals surface area contributed by atoms with E-state index in [0.717, 1.165) is 0 Å². The fourth-order valence-corrected chi connectivity index (χ4v) is 3.17. The quantitative estimate of drug-likeness (QED) is 0.380. The molecule has 0 radical (unpaired) electrons. The van der Waals surface area contributed by atoms with Crippen LogP contribution in [0.1, 0.15) is 21.5 Å². The number of alkyl halides is 1. The highest BCUT2D eigenvalue weighted by Gasteiger charge is 2.14. The minimum atomic E-state index is 0.163. The predicted molar refractivity (Wildman–Crippen MR) is 98.9 cm³/mol. The second-order valence-electron chi connectivity index (χ2n) is 5.15. The van der Waals surface area contributed by atoms with E-state index in [4.69, 9.17) is 0 Å². The summed E-state index contributed by atoms with van der Waals surface area (Å²) < 4.78 is 0. The van der Waals surface area contributed by atoms with Crippen molar-refractivity contribution in [3.63, 3.8) is 0 Å². The molecule has 22 heavy (non-hydrogen) atoms. The van der Waals surface area contributed by atoms with Crippen LogP contribution in [0.5, 0.6) is 0 Å². The molecule has 0 amide bonds. The molecular formula is C21H17Br. The van der Waals surface area contributed by atoms with Crippen molar-refractivity contribution in [3.8, 4) is 0 Å². The molecule has 1 heteroatoms. The molecule has 108 valence electrons. The van der Waals surface area contributed by atoms with Gasteiger partial charge >= 0.3 is 0 Å². The van der Waals surface area contributed by atoms with Crippen LogP contribution in [0, 0.1) is 0 Å². The predicted octanol–water partition coefficient (Wildman–Crippen LogP) is 6.36. The van der Waals surface area contributed by atoms with Gasteiger partial charge in [-0.05, 0) is 28.3 Å². The Kier molecular flexibility index (Phi) is 4.87. The molecular weight excluding hydrogens is 332 g/mol. The van der Waals surface area contributed by atoms with Gasteiger partial charge in [0.15, 0.2) is 0 Å². The zero-order valence-corrected chi connectivity index (χ0v) is 13.8. The summed E-state index contributed by atoms with van der Waals surface area (Å²) in [5.41, 5.74) is 4.96. The van der Waals surface area contributed by atoms with E-state index in [1.807, 2.05) is 12.1 Å². The zero-order chi connectivity index (χ0) is 15.2. The van der Waals surface area contributed by atoms with E-state index in [9.17, 15) is 0 Å². The molecule has 0 aromatic heterocycles. The van der Waals surface area contributed by atoms with Gasteiger partial charge in [-0.3, -0.25) is 0 Å². The van der Waals surface area contributed by atoms with Crippen molar-refractivity contribution in [2.24, 2.45) is 0 Å². The number of halogens is 1. The third-order valence-corrected chi connectivity index (χ3v) is 4.62. The van der Waals surface area contributed by atoms with Crippen molar-refractivity contribution in [3.05, 3.63) is 108 Å². The summed E-state index contributed by atoms with van der Waals surface area (Å²) >= 11 is 3.88. The Morgan fingerprint density at radius 1 is 0.682 bits per heavy atom. The smallest absolute Gasteiger partial charge is 0.0650 e. The molecule has 0 heterocycles. The van der Waals surface area contributed by atoms with Crippen LogP contribution in [0.3, 0.4) is 0 Å². The molecule has 0 N–H and O–H groups in total. The number of benzene rings is 3. The van der Waals surface area contributed by atoms with Gasteiger partial charge in [0.25, 0.3) is 0 Å². The highest BCUT2D eigenvalue weighted by Crippen LogP contribution is 2.38. The van der Waals surface area contributed by atoms with Crippen molar-refractivity contribution in [2.75, 3.05) is 0 Å². The van der Waals surface area contributed by atoms with Gasteiger partial charge in [0.1, 0.15) is 0 Å². The monoisotopic (exact) mass is 348 g/mol. The molecule has 1 atom stereocenters. The second-order valence-corrected chi connectivity index (χ2v) is 6.07. The molecule has 0 nitrogen and oxygen atoms in total. The van der Waals surface area contributed by atoms with Crippen LogP contribution in [0.25, 0.3) is 11.6 Å². The van der Waals surface area contributed by atoms with Crippen LogP contribution in [0.4, 0.5) is 0 Å². The van der Waals surface area contributed by atoms with Crippen LogP contribution in [0.2, 0.25) is 0 Å². The van der Waals surface area contributed by atoms with Crippen LogP contribution < -0.4 is 0 Å². The van der Waals surface area contributed by atoms with Gasteiger partial charge in [0.2, 0.25) is 0 Å². The van der Waals surface area contributed by atoms with Crippen LogP contribution in [0.15, 0.2) is 91.0 Å². The maximum absolute atomic E-state index is 3.88. The first-order chi connectivity index (χ1) is 10.8. The molecule has 0 saturated carbocycles. The number of hydrogen-bond donors (Lipinski definition) is 0. The van der Waals surface area contributed by atoms with Crippen LogP contribution in [-0.4, -0.2) is 0 Å². The second kappa shape index (κ2) is 7.24. The van der Waals surface area contributed by atoms with Crippen molar-refractivity contribution in [1.82, 2.24) is 0 Å². The molecule has 3 aromatic carbocycles. The Morgan fingerprint density at radius 2 is 1.18 bits per heavy atom. The van der Waals surface area contributed by atoms with Crippen LogP contribution in [-0.2, 0) is 0 Å². The SMILES string of the molecule is BrC(/C(=C/c1ccccc1)c1ccccc1)c1ccccc1. The largest absolute Gasteiger partial charge is 0.0786 e. The Bertz CT molecular complexity index is 731. The lowest BCUT2D eigenvalue weighted by Crippen LogP contribution is -1.95. The van der Waals surface area contributed by atoms with E-state index in [2.05, 4.69) is 101 Å². The lowest BCUT2D eigenvalue weighted by Gasteiger charge is -2.16. The lowest BCUT2D eigenvalue weighted by molar-refractivity contribution is 1.27. The summed E-state index contributed by atoms with van der Waals surface area (Å²) in [6.45, 7) is 0. The summed E-state index contributed by atoms with van der Waals surface area (Å²) in [7, 11) is 0. The van der Waals surface area contributed by atoms with E-state index in [1.54, 1.807) is 0 Å². The Labute approximate surface area is 140 Å². The third-order valence-electron chi connectivity index (χ3n) is 3.59. The molecule has 0 aliphatic carbocycles. The first-order valence-corrected chi connectivity index (χ1v) is 8.27. The summed E-state index contributed by atoms with van der Waals surface area (Å²) in [5.74, 6) is 0. The minimum Gasteiger partial charge on any atom is -0.0786 e. The van der Waals surface area contributed by atoms with Gasteiger partial charge in [-0.25, -0.2) is 0 Å². The van der Waals surface area contributed by atoms with Gasteiger partial charge in [-0.15, -0.1) is 0 Å². The van der Waals surface area contributed by atoms with Crippen molar-refractivity contribution >= 4 is 27.6 Å². The van der Waals surface area contributed by atoms with Gasteiger partial charge in [-0.1, -0.05) is 107 Å². The van der Waals surface area contributed by atoms with Gasteiger partial charge in [0, 0.05) is 0 Å². The Balaban J connectivity index is 2.06. The molecule has 0 aliphatic rings. The van der Waals surface area contributed by atoms with Crippen molar-refractivity contribution in [1.29, 1.82) is 0 Å². The summed E-state index contributed by atoms with van der Waals surface area (Å²) in [6, 6.07) is 31.5. The van der Waals surface area contributed by atoms with Gasteiger partial charge in [0.05, 0.1) is 4.83 Å². The average molecular weight is 349 g/mol. The summed E-state index contributed by atoms with van der Waals surface area (Å²) in [6.07, 6.45) is 2.25. The van der Waals surface area contributed by atoms with E-state index in [0.29, 0.717) is 0 Å². The molecule has 0 saturated heterocycles. The topological polar surface area (TPSA) is 0 Å². The highest BCUT2D eigenvalue weighted by molar-refractivity contribution is 9.09. The lowest BCUT2D eigenvalue weighted by atomic mass is 9.96. The molecule has 0 spiro atoms. The Morgan fingerprint density at radius 3 is 1.77 bits per heavy atom. The molecule has 3 aromatic rings.